The second kappa shape index (κ2) is 5.24. The number of nitrogens with two attached hydrogens (primary N) is 1. The second-order valence-corrected chi connectivity index (χ2v) is 5.29. The first-order chi connectivity index (χ1) is 8.71. The summed E-state index contributed by atoms with van der Waals surface area (Å²) >= 11 is 1.53. The maximum Gasteiger partial charge on any atom is 0.105 e. The molecule has 18 heavy (non-hydrogen) atoms. The minimum atomic E-state index is 0.626. The summed E-state index contributed by atoms with van der Waals surface area (Å²) in [4.78, 5) is 1.19. The van der Waals surface area contributed by atoms with E-state index in [2.05, 4.69) is 44.2 Å². The molecule has 2 N–H and O–H groups in total. The fraction of sp³-hybridized carbons (Fsp3) is 0.267. The van der Waals surface area contributed by atoms with Crippen molar-refractivity contribution in [2.45, 2.75) is 26.7 Å². The van der Waals surface area contributed by atoms with Crippen LogP contribution >= 0.6 is 11.3 Å². The lowest BCUT2D eigenvalue weighted by molar-refractivity contribution is 1.14. The fourth-order valence-corrected chi connectivity index (χ4v) is 3.05. The van der Waals surface area contributed by atoms with E-state index in [-0.39, 0.29) is 0 Å². The Morgan fingerprint density at radius 2 is 1.83 bits per heavy atom. The maximum absolute atomic E-state index is 9.25. The van der Waals surface area contributed by atoms with Gasteiger partial charge in [0, 0.05) is 10.4 Å². The Bertz CT molecular complexity index is 588. The molecule has 0 fully saturated rings. The van der Waals surface area contributed by atoms with Crippen molar-refractivity contribution in [1.82, 2.24) is 0 Å². The zero-order chi connectivity index (χ0) is 13.1. The van der Waals surface area contributed by atoms with Crippen LogP contribution in [0.1, 0.15) is 29.9 Å². The van der Waals surface area contributed by atoms with Crippen molar-refractivity contribution in [3.63, 3.8) is 0 Å². The highest BCUT2D eigenvalue weighted by molar-refractivity contribution is 7.16. The SMILES string of the molecule is CCc1ccc(-c2c(CC)sc(N)c2C#N)cc1. The monoisotopic (exact) mass is 256 g/mol. The number of nitrogens with zero attached hydrogens (tertiary/aromatic N) is 1. The molecule has 3 heteroatoms. The van der Waals surface area contributed by atoms with E-state index in [1.54, 1.807) is 0 Å². The van der Waals surface area contributed by atoms with Gasteiger partial charge in [0.05, 0.1) is 5.56 Å². The molecule has 2 rings (SSSR count). The number of anilines is 1. The van der Waals surface area contributed by atoms with Gasteiger partial charge in [0.2, 0.25) is 0 Å². The highest BCUT2D eigenvalue weighted by atomic mass is 32.1. The molecule has 0 spiro atoms. The van der Waals surface area contributed by atoms with Gasteiger partial charge >= 0.3 is 0 Å². The topological polar surface area (TPSA) is 49.8 Å². The number of aryl methyl sites for hydroxylation is 2. The zero-order valence-corrected chi connectivity index (χ0v) is 11.5. The standard InChI is InChI=1S/C15H16N2S/c1-3-10-5-7-11(8-6-10)14-12(9-16)15(17)18-13(14)4-2/h5-8H,3-4,17H2,1-2H3. The lowest BCUT2D eigenvalue weighted by Crippen LogP contribution is -1.88. The van der Waals surface area contributed by atoms with Crippen molar-refractivity contribution in [3.8, 4) is 17.2 Å². The van der Waals surface area contributed by atoms with E-state index in [1.165, 1.54) is 21.8 Å². The van der Waals surface area contributed by atoms with E-state index >= 15 is 0 Å². The molecule has 0 amide bonds. The summed E-state index contributed by atoms with van der Waals surface area (Å²) in [6, 6.07) is 10.6. The molecular formula is C15H16N2S. The maximum atomic E-state index is 9.25. The molecule has 0 saturated heterocycles. The summed E-state index contributed by atoms with van der Waals surface area (Å²) in [5, 5.41) is 9.88. The molecule has 0 saturated carbocycles. The normalized spacial score (nSPS) is 10.3. The van der Waals surface area contributed by atoms with Crippen LogP contribution in [0.3, 0.4) is 0 Å². The molecule has 0 bridgehead atoms. The molecule has 92 valence electrons. The van der Waals surface area contributed by atoms with Gasteiger partial charge in [-0.25, -0.2) is 0 Å². The van der Waals surface area contributed by atoms with Gasteiger partial charge in [-0.15, -0.1) is 11.3 Å². The Morgan fingerprint density at radius 1 is 1.17 bits per heavy atom. The van der Waals surface area contributed by atoms with Crippen LogP contribution in [0.25, 0.3) is 11.1 Å². The Morgan fingerprint density at radius 3 is 2.33 bits per heavy atom. The molecular weight excluding hydrogens is 240 g/mol. The number of rotatable bonds is 3. The molecule has 1 heterocycles. The molecule has 2 aromatic rings. The van der Waals surface area contributed by atoms with E-state index in [0.29, 0.717) is 10.6 Å². The van der Waals surface area contributed by atoms with Crippen LogP contribution < -0.4 is 5.73 Å². The van der Waals surface area contributed by atoms with Gasteiger partial charge in [-0.05, 0) is 24.0 Å². The smallest absolute Gasteiger partial charge is 0.105 e. The van der Waals surface area contributed by atoms with Crippen molar-refractivity contribution in [1.29, 1.82) is 5.26 Å². The zero-order valence-electron chi connectivity index (χ0n) is 10.7. The highest BCUT2D eigenvalue weighted by Crippen LogP contribution is 2.38. The summed E-state index contributed by atoms with van der Waals surface area (Å²) < 4.78 is 0. The molecule has 1 aromatic heterocycles. The fourth-order valence-electron chi connectivity index (χ4n) is 2.07. The Balaban J connectivity index is 2.58. The summed E-state index contributed by atoms with van der Waals surface area (Å²) in [6.07, 6.45) is 1.93. The number of nitrogen functional groups attached to an aromatic ring is 1. The number of hydrogen-bond acceptors (Lipinski definition) is 3. The third kappa shape index (κ3) is 2.12. The minimum absolute atomic E-state index is 0.626. The molecule has 1 aromatic carbocycles. The Hall–Kier alpha value is -1.79. The van der Waals surface area contributed by atoms with E-state index < -0.39 is 0 Å². The first-order valence-electron chi connectivity index (χ1n) is 6.11. The molecule has 0 aliphatic carbocycles. The summed E-state index contributed by atoms with van der Waals surface area (Å²) in [6.45, 7) is 4.23. The highest BCUT2D eigenvalue weighted by Gasteiger charge is 2.16. The molecule has 0 radical (unpaired) electrons. The number of nitriles is 1. The molecule has 0 atom stereocenters. The molecule has 0 aliphatic rings. The summed E-state index contributed by atoms with van der Waals surface area (Å²) in [5.41, 5.74) is 9.96. The number of hydrogen-bond donors (Lipinski definition) is 1. The van der Waals surface area contributed by atoms with Gasteiger partial charge in [-0.1, -0.05) is 38.1 Å². The van der Waals surface area contributed by atoms with Crippen molar-refractivity contribution in [2.75, 3.05) is 5.73 Å². The average Bonchev–Trinajstić information content (AvgIpc) is 2.74. The van der Waals surface area contributed by atoms with Crippen LogP contribution in [0.15, 0.2) is 24.3 Å². The minimum Gasteiger partial charge on any atom is -0.389 e. The third-order valence-corrected chi connectivity index (χ3v) is 4.26. The van der Waals surface area contributed by atoms with Crippen LogP contribution in [-0.2, 0) is 12.8 Å². The van der Waals surface area contributed by atoms with E-state index in [9.17, 15) is 5.26 Å². The first kappa shape index (κ1) is 12.7. The van der Waals surface area contributed by atoms with E-state index in [0.717, 1.165) is 24.0 Å². The van der Waals surface area contributed by atoms with Gasteiger partial charge in [-0.3, -0.25) is 0 Å². The lowest BCUT2D eigenvalue weighted by Gasteiger charge is -2.04. The third-order valence-electron chi connectivity index (χ3n) is 3.09. The van der Waals surface area contributed by atoms with Crippen LogP contribution in [-0.4, -0.2) is 0 Å². The Kier molecular flexibility index (Phi) is 3.69. The van der Waals surface area contributed by atoms with Gasteiger partial charge in [0.1, 0.15) is 11.1 Å². The molecule has 0 unspecified atom stereocenters. The number of thiophene rings is 1. The number of benzene rings is 1. The summed E-state index contributed by atoms with van der Waals surface area (Å²) in [5.74, 6) is 0. The summed E-state index contributed by atoms with van der Waals surface area (Å²) in [7, 11) is 0. The van der Waals surface area contributed by atoms with Gasteiger partial charge in [-0.2, -0.15) is 5.26 Å². The van der Waals surface area contributed by atoms with Crippen molar-refractivity contribution >= 4 is 16.3 Å². The second-order valence-electron chi connectivity index (χ2n) is 4.16. The van der Waals surface area contributed by atoms with Crippen LogP contribution in [0.4, 0.5) is 5.00 Å². The van der Waals surface area contributed by atoms with E-state index in [4.69, 9.17) is 5.73 Å². The quantitative estimate of drug-likeness (QED) is 0.902. The van der Waals surface area contributed by atoms with Crippen LogP contribution in [0.5, 0.6) is 0 Å². The van der Waals surface area contributed by atoms with Crippen LogP contribution in [0.2, 0.25) is 0 Å². The van der Waals surface area contributed by atoms with Gasteiger partial charge in [0.25, 0.3) is 0 Å². The predicted octanol–water partition coefficient (Wildman–Crippen LogP) is 3.99. The predicted molar refractivity (Wildman–Crippen MR) is 77.6 cm³/mol. The van der Waals surface area contributed by atoms with Gasteiger partial charge in [0.15, 0.2) is 0 Å². The lowest BCUT2D eigenvalue weighted by atomic mass is 9.99. The van der Waals surface area contributed by atoms with Crippen molar-refractivity contribution in [2.24, 2.45) is 0 Å². The van der Waals surface area contributed by atoms with Crippen LogP contribution in [0, 0.1) is 11.3 Å². The average molecular weight is 256 g/mol. The Labute approximate surface area is 112 Å². The van der Waals surface area contributed by atoms with E-state index in [1.807, 2.05) is 0 Å². The molecule has 0 aliphatic heterocycles. The largest absolute Gasteiger partial charge is 0.389 e. The van der Waals surface area contributed by atoms with Crippen molar-refractivity contribution in [3.05, 3.63) is 40.3 Å². The molecule has 2 nitrogen and oxygen atoms in total. The first-order valence-corrected chi connectivity index (χ1v) is 6.93. The van der Waals surface area contributed by atoms with Gasteiger partial charge < -0.3 is 5.73 Å². The van der Waals surface area contributed by atoms with Crippen molar-refractivity contribution < 1.29 is 0 Å².